The van der Waals surface area contributed by atoms with Gasteiger partial charge in [0.15, 0.2) is 0 Å². The van der Waals surface area contributed by atoms with Gasteiger partial charge in [0.1, 0.15) is 5.75 Å². The second-order valence-electron chi connectivity index (χ2n) is 4.69. The van der Waals surface area contributed by atoms with E-state index in [2.05, 4.69) is 11.2 Å². The third-order valence-corrected chi connectivity index (χ3v) is 3.19. The second kappa shape index (κ2) is 6.33. The molecular formula is C14H14BNO5. The summed E-state index contributed by atoms with van der Waals surface area (Å²) in [4.78, 5) is 22.7. The van der Waals surface area contributed by atoms with E-state index in [4.69, 9.17) is 16.2 Å². The summed E-state index contributed by atoms with van der Waals surface area (Å²) in [5.41, 5.74) is 0.617. The maximum atomic E-state index is 11.6. The Balaban J connectivity index is 2.14. The standard InChI is InChI=1S/C14H14BNO5/c1-2-3-7-12(17)16-11-8-9-5-4-6-10(14(18)19)13(9)21-15(11)20/h1,4-6,11,20H,3,7-8H2,(H,16,17)(H,18,19)/t11-/m0/s1. The highest BCUT2D eigenvalue weighted by Gasteiger charge is 2.37. The van der Waals surface area contributed by atoms with Crippen molar-refractivity contribution in [3.8, 4) is 18.1 Å². The summed E-state index contributed by atoms with van der Waals surface area (Å²) in [6.45, 7) is 0. The van der Waals surface area contributed by atoms with Crippen LogP contribution < -0.4 is 9.97 Å². The maximum Gasteiger partial charge on any atom is 0.547 e. The van der Waals surface area contributed by atoms with Crippen molar-refractivity contribution in [2.45, 2.75) is 25.2 Å². The Hall–Kier alpha value is -2.46. The van der Waals surface area contributed by atoms with Gasteiger partial charge in [-0.25, -0.2) is 4.79 Å². The summed E-state index contributed by atoms with van der Waals surface area (Å²) in [6.07, 6.45) is 5.86. The summed E-state index contributed by atoms with van der Waals surface area (Å²) in [5.74, 6) is 0.467. The Morgan fingerprint density at radius 1 is 1.52 bits per heavy atom. The molecule has 0 spiro atoms. The Labute approximate surface area is 122 Å². The summed E-state index contributed by atoms with van der Waals surface area (Å²) in [6, 6.07) is 4.70. The predicted octanol–water partition coefficient (Wildman–Crippen LogP) is 0.238. The van der Waals surface area contributed by atoms with E-state index >= 15 is 0 Å². The van der Waals surface area contributed by atoms with Gasteiger partial charge in [-0.3, -0.25) is 4.79 Å². The summed E-state index contributed by atoms with van der Waals surface area (Å²) in [7, 11) is -1.30. The SMILES string of the molecule is C#CCCC(=O)N[C@H]1Cc2cccc(C(=O)O)c2OB1O. The minimum absolute atomic E-state index is 0.0105. The number of para-hydroxylation sites is 1. The van der Waals surface area contributed by atoms with Crippen molar-refractivity contribution < 1.29 is 24.4 Å². The molecule has 1 aromatic carbocycles. The van der Waals surface area contributed by atoms with E-state index in [1.165, 1.54) is 6.07 Å². The number of nitrogens with one attached hydrogen (secondary N) is 1. The zero-order valence-electron chi connectivity index (χ0n) is 11.2. The van der Waals surface area contributed by atoms with Gasteiger partial charge in [-0.1, -0.05) is 12.1 Å². The zero-order chi connectivity index (χ0) is 15.4. The molecular weight excluding hydrogens is 273 g/mol. The van der Waals surface area contributed by atoms with Crippen LogP contribution in [0.4, 0.5) is 0 Å². The summed E-state index contributed by atoms with van der Waals surface area (Å²) < 4.78 is 5.26. The van der Waals surface area contributed by atoms with Gasteiger partial charge in [0.25, 0.3) is 0 Å². The smallest absolute Gasteiger partial charge is 0.534 e. The van der Waals surface area contributed by atoms with Crippen LogP contribution in [0.5, 0.6) is 5.75 Å². The molecule has 108 valence electrons. The normalized spacial score (nSPS) is 16.4. The van der Waals surface area contributed by atoms with Gasteiger partial charge in [0.2, 0.25) is 5.91 Å². The van der Waals surface area contributed by atoms with Gasteiger partial charge in [0, 0.05) is 12.8 Å². The van der Waals surface area contributed by atoms with Gasteiger partial charge in [-0.15, -0.1) is 12.3 Å². The number of hydrogen-bond acceptors (Lipinski definition) is 4. The van der Waals surface area contributed by atoms with Crippen LogP contribution in [0, 0.1) is 12.3 Å². The molecule has 0 radical (unpaired) electrons. The lowest BCUT2D eigenvalue weighted by Gasteiger charge is -2.28. The van der Waals surface area contributed by atoms with Crippen LogP contribution >= 0.6 is 0 Å². The number of carbonyl (C=O) groups is 2. The molecule has 3 N–H and O–H groups in total. The zero-order valence-corrected chi connectivity index (χ0v) is 11.2. The highest BCUT2D eigenvalue weighted by molar-refractivity contribution is 6.47. The topological polar surface area (TPSA) is 95.9 Å². The number of hydrogen-bond donors (Lipinski definition) is 3. The highest BCUT2D eigenvalue weighted by atomic mass is 16.5. The lowest BCUT2D eigenvalue weighted by Crippen LogP contribution is -2.53. The van der Waals surface area contributed by atoms with Gasteiger partial charge < -0.3 is 20.1 Å². The lowest BCUT2D eigenvalue weighted by atomic mass is 9.72. The van der Waals surface area contributed by atoms with Crippen molar-refractivity contribution in [3.63, 3.8) is 0 Å². The van der Waals surface area contributed by atoms with Crippen LogP contribution in [0.2, 0.25) is 0 Å². The maximum absolute atomic E-state index is 11.6. The molecule has 6 nitrogen and oxygen atoms in total. The Kier molecular flexibility index (Phi) is 4.50. The van der Waals surface area contributed by atoms with E-state index in [9.17, 15) is 14.6 Å². The molecule has 0 bridgehead atoms. The van der Waals surface area contributed by atoms with Gasteiger partial charge in [-0.05, 0) is 18.1 Å². The molecule has 1 aliphatic rings. The fraction of sp³-hybridized carbons (Fsp3) is 0.286. The van der Waals surface area contributed by atoms with E-state index < -0.39 is 19.0 Å². The number of rotatable bonds is 4. The molecule has 7 heteroatoms. The number of carboxylic acid groups (broad SMARTS) is 1. The minimum Gasteiger partial charge on any atom is -0.534 e. The van der Waals surface area contributed by atoms with E-state index in [0.29, 0.717) is 18.4 Å². The molecule has 1 heterocycles. The summed E-state index contributed by atoms with van der Waals surface area (Å²) in [5, 5.41) is 21.6. The highest BCUT2D eigenvalue weighted by Crippen LogP contribution is 2.30. The van der Waals surface area contributed by atoms with Gasteiger partial charge in [-0.2, -0.15) is 0 Å². The van der Waals surface area contributed by atoms with Crippen LogP contribution in [0.25, 0.3) is 0 Å². The number of carboxylic acids is 1. The Morgan fingerprint density at radius 2 is 2.29 bits per heavy atom. The summed E-state index contributed by atoms with van der Waals surface area (Å²) >= 11 is 0. The number of benzene rings is 1. The largest absolute Gasteiger partial charge is 0.547 e. The number of carbonyl (C=O) groups excluding carboxylic acids is 1. The van der Waals surface area contributed by atoms with Crippen LogP contribution in [-0.4, -0.2) is 35.1 Å². The molecule has 0 saturated carbocycles. The van der Waals surface area contributed by atoms with Gasteiger partial charge >= 0.3 is 13.1 Å². The molecule has 21 heavy (non-hydrogen) atoms. The average Bonchev–Trinajstić information content (AvgIpc) is 2.45. The van der Waals surface area contributed by atoms with E-state index in [1.54, 1.807) is 12.1 Å². The number of aromatic carboxylic acids is 1. The Morgan fingerprint density at radius 3 is 2.95 bits per heavy atom. The first-order chi connectivity index (χ1) is 10.0. The third-order valence-electron chi connectivity index (χ3n) is 3.19. The number of terminal acetylenes is 1. The number of amides is 1. The molecule has 0 aromatic heterocycles. The molecule has 1 aliphatic heterocycles. The molecule has 2 rings (SSSR count). The first kappa shape index (κ1) is 14.9. The molecule has 0 aliphatic carbocycles. The molecule has 1 aromatic rings. The second-order valence-corrected chi connectivity index (χ2v) is 4.69. The molecule has 0 unspecified atom stereocenters. The molecule has 0 saturated heterocycles. The monoisotopic (exact) mass is 287 g/mol. The number of fused-ring (bicyclic) bond motifs is 1. The molecule has 1 amide bonds. The predicted molar refractivity (Wildman–Crippen MR) is 75.7 cm³/mol. The van der Waals surface area contributed by atoms with Crippen molar-refractivity contribution in [1.82, 2.24) is 5.32 Å². The van der Waals surface area contributed by atoms with Crippen LogP contribution in [-0.2, 0) is 11.2 Å². The van der Waals surface area contributed by atoms with E-state index in [0.717, 1.165) is 0 Å². The fourth-order valence-corrected chi connectivity index (χ4v) is 2.18. The molecule has 1 atom stereocenters. The van der Waals surface area contributed by atoms with Crippen LogP contribution in [0.1, 0.15) is 28.8 Å². The van der Waals surface area contributed by atoms with Crippen molar-refractivity contribution in [2.24, 2.45) is 0 Å². The van der Waals surface area contributed by atoms with E-state index in [-0.39, 0.29) is 23.6 Å². The first-order valence-electron chi connectivity index (χ1n) is 6.45. The molecule has 0 fully saturated rings. The lowest BCUT2D eigenvalue weighted by molar-refractivity contribution is -0.121. The quantitative estimate of drug-likeness (QED) is 0.544. The van der Waals surface area contributed by atoms with Gasteiger partial charge in [0.05, 0.1) is 11.5 Å². The van der Waals surface area contributed by atoms with Crippen molar-refractivity contribution in [3.05, 3.63) is 29.3 Å². The van der Waals surface area contributed by atoms with E-state index in [1.807, 2.05) is 0 Å². The van der Waals surface area contributed by atoms with Crippen molar-refractivity contribution in [1.29, 1.82) is 0 Å². The fourth-order valence-electron chi connectivity index (χ4n) is 2.18. The minimum atomic E-state index is -1.30. The van der Waals surface area contributed by atoms with Crippen LogP contribution in [0.15, 0.2) is 18.2 Å². The third kappa shape index (κ3) is 3.36. The first-order valence-corrected chi connectivity index (χ1v) is 6.45. The van der Waals surface area contributed by atoms with Crippen LogP contribution in [0.3, 0.4) is 0 Å². The average molecular weight is 287 g/mol. The Bertz CT molecular complexity index is 610. The van der Waals surface area contributed by atoms with Crippen molar-refractivity contribution >= 4 is 19.0 Å². The van der Waals surface area contributed by atoms with Crippen molar-refractivity contribution in [2.75, 3.05) is 0 Å².